The summed E-state index contributed by atoms with van der Waals surface area (Å²) in [7, 11) is 0. The smallest absolute Gasteiger partial charge is 0.274 e. The van der Waals surface area contributed by atoms with E-state index >= 15 is 0 Å². The van der Waals surface area contributed by atoms with Crippen LogP contribution in [0.4, 0.5) is 14.5 Å². The third-order valence-corrected chi connectivity index (χ3v) is 2.27. The van der Waals surface area contributed by atoms with Gasteiger partial charge in [0.1, 0.15) is 0 Å². The van der Waals surface area contributed by atoms with Crippen molar-refractivity contribution in [1.29, 1.82) is 0 Å². The summed E-state index contributed by atoms with van der Waals surface area (Å²) in [5.41, 5.74) is 4.91. The first kappa shape index (κ1) is 12.5. The molecule has 0 aliphatic heterocycles. The lowest BCUT2D eigenvalue weighted by Crippen LogP contribution is -2.18. The maximum Gasteiger partial charge on any atom is 0.274 e. The summed E-state index contributed by atoms with van der Waals surface area (Å²) in [5, 5.41) is 10.5. The molecule has 1 aromatic carbocycles. The molecule has 0 saturated carbocycles. The fraction of sp³-hybridized carbons (Fsp3) is 0.400. The van der Waals surface area contributed by atoms with Gasteiger partial charge in [-0.05, 0) is 25.6 Å². The third-order valence-electron chi connectivity index (χ3n) is 2.27. The number of alkyl halides is 2. The van der Waals surface area contributed by atoms with Crippen LogP contribution in [-0.4, -0.2) is 11.5 Å². The number of nitrogens with two attached hydrogens (primary N) is 1. The van der Waals surface area contributed by atoms with E-state index in [-0.39, 0.29) is 23.4 Å². The summed E-state index contributed by atoms with van der Waals surface area (Å²) in [6.07, 6.45) is -0.468. The number of hydrogen-bond donors (Lipinski definition) is 1. The molecule has 0 heterocycles. The van der Waals surface area contributed by atoms with Gasteiger partial charge in [0.25, 0.3) is 11.6 Å². The number of nitrogens with zero attached hydrogens (tertiary/aromatic N) is 1. The van der Waals surface area contributed by atoms with Gasteiger partial charge in [0.05, 0.1) is 4.92 Å². The van der Waals surface area contributed by atoms with Gasteiger partial charge in [0, 0.05) is 23.6 Å². The Morgan fingerprint density at radius 2 is 2.12 bits per heavy atom. The molecule has 88 valence electrons. The van der Waals surface area contributed by atoms with Crippen LogP contribution < -0.4 is 5.73 Å². The van der Waals surface area contributed by atoms with Crippen molar-refractivity contribution in [3.05, 3.63) is 39.4 Å². The molecule has 0 saturated heterocycles. The van der Waals surface area contributed by atoms with E-state index in [1.165, 1.54) is 6.92 Å². The van der Waals surface area contributed by atoms with Gasteiger partial charge in [-0.1, -0.05) is 0 Å². The van der Waals surface area contributed by atoms with E-state index in [2.05, 4.69) is 0 Å². The molecule has 0 bridgehead atoms. The summed E-state index contributed by atoms with van der Waals surface area (Å²) in [4.78, 5) is 9.91. The molecule has 0 spiro atoms. The molecule has 0 amide bonds. The van der Waals surface area contributed by atoms with Crippen molar-refractivity contribution < 1.29 is 13.7 Å². The van der Waals surface area contributed by atoms with Crippen LogP contribution in [0.2, 0.25) is 0 Å². The Hall–Kier alpha value is -1.56. The highest BCUT2D eigenvalue weighted by Crippen LogP contribution is 2.33. The number of benzene rings is 1. The second-order valence-corrected chi connectivity index (χ2v) is 3.50. The Morgan fingerprint density at radius 1 is 1.50 bits per heavy atom. The largest absolute Gasteiger partial charge is 0.330 e. The number of halogens is 2. The Kier molecular flexibility index (Phi) is 3.54. The van der Waals surface area contributed by atoms with Gasteiger partial charge in [-0.25, -0.2) is 8.78 Å². The Morgan fingerprint density at radius 3 is 2.56 bits per heavy atom. The van der Waals surface area contributed by atoms with E-state index in [1.54, 1.807) is 0 Å². The average molecular weight is 230 g/mol. The van der Waals surface area contributed by atoms with E-state index in [0.29, 0.717) is 0 Å². The standard InChI is InChI=1S/C10H12F2N2O2/c1-7-6-8(10(11,12)4-5-13)2-3-9(7)14(15)16/h2-3,6H,4-5,13H2,1H3. The number of aryl methyl sites for hydroxylation is 1. The Labute approximate surface area is 91.2 Å². The van der Waals surface area contributed by atoms with Gasteiger partial charge >= 0.3 is 0 Å². The van der Waals surface area contributed by atoms with Crippen LogP contribution in [0.5, 0.6) is 0 Å². The fourth-order valence-electron chi connectivity index (χ4n) is 1.41. The summed E-state index contributed by atoms with van der Waals surface area (Å²) in [6.45, 7) is 1.29. The van der Waals surface area contributed by atoms with Crippen molar-refractivity contribution in [1.82, 2.24) is 0 Å². The van der Waals surface area contributed by atoms with Crippen molar-refractivity contribution in [3.8, 4) is 0 Å². The van der Waals surface area contributed by atoms with Crippen LogP contribution in [-0.2, 0) is 5.92 Å². The molecule has 16 heavy (non-hydrogen) atoms. The van der Waals surface area contributed by atoms with Crippen LogP contribution in [0.3, 0.4) is 0 Å². The highest BCUT2D eigenvalue weighted by molar-refractivity contribution is 5.42. The maximum absolute atomic E-state index is 13.4. The summed E-state index contributed by atoms with van der Waals surface area (Å²) < 4.78 is 26.8. The number of hydrogen-bond acceptors (Lipinski definition) is 3. The van der Waals surface area contributed by atoms with Gasteiger partial charge in [0.2, 0.25) is 0 Å². The predicted molar refractivity (Wildman–Crippen MR) is 55.4 cm³/mol. The molecule has 0 aliphatic rings. The monoisotopic (exact) mass is 230 g/mol. The van der Waals surface area contributed by atoms with Crippen LogP contribution in [0.25, 0.3) is 0 Å². The summed E-state index contributed by atoms with van der Waals surface area (Å²) in [5.74, 6) is -3.03. The van der Waals surface area contributed by atoms with Crippen molar-refractivity contribution >= 4 is 5.69 Å². The first-order chi connectivity index (χ1) is 7.38. The first-order valence-electron chi connectivity index (χ1n) is 4.72. The lowest BCUT2D eigenvalue weighted by Gasteiger charge is -2.15. The number of rotatable bonds is 4. The highest BCUT2D eigenvalue weighted by Gasteiger charge is 2.31. The topological polar surface area (TPSA) is 69.2 Å². The zero-order chi connectivity index (χ0) is 12.3. The zero-order valence-corrected chi connectivity index (χ0v) is 8.74. The minimum Gasteiger partial charge on any atom is -0.330 e. The molecule has 0 unspecified atom stereocenters. The van der Waals surface area contributed by atoms with Gasteiger partial charge in [-0.15, -0.1) is 0 Å². The molecular weight excluding hydrogens is 218 g/mol. The molecule has 0 aliphatic carbocycles. The maximum atomic E-state index is 13.4. The molecule has 0 aromatic heterocycles. The molecule has 6 heteroatoms. The number of nitro benzene ring substituents is 1. The molecule has 0 atom stereocenters. The summed E-state index contributed by atoms with van der Waals surface area (Å²) >= 11 is 0. The van der Waals surface area contributed by atoms with Crippen LogP contribution in [0.15, 0.2) is 18.2 Å². The van der Waals surface area contributed by atoms with E-state index in [9.17, 15) is 18.9 Å². The predicted octanol–water partition coefficient (Wildman–Crippen LogP) is 2.34. The minimum absolute atomic E-state index is 0.136. The first-order valence-corrected chi connectivity index (χ1v) is 4.72. The third kappa shape index (κ3) is 2.52. The molecular formula is C10H12F2N2O2. The van der Waals surface area contributed by atoms with Gasteiger partial charge < -0.3 is 5.73 Å². The molecule has 4 nitrogen and oxygen atoms in total. The van der Waals surface area contributed by atoms with Crippen molar-refractivity contribution in [2.24, 2.45) is 5.73 Å². The average Bonchev–Trinajstić information content (AvgIpc) is 2.16. The van der Waals surface area contributed by atoms with Crippen molar-refractivity contribution in [2.45, 2.75) is 19.3 Å². The molecule has 1 rings (SSSR count). The van der Waals surface area contributed by atoms with E-state index in [0.717, 1.165) is 18.2 Å². The van der Waals surface area contributed by atoms with Gasteiger partial charge in [-0.3, -0.25) is 10.1 Å². The molecule has 0 fully saturated rings. The van der Waals surface area contributed by atoms with Crippen LogP contribution in [0, 0.1) is 17.0 Å². The summed E-state index contributed by atoms with van der Waals surface area (Å²) in [6, 6.07) is 3.30. The van der Waals surface area contributed by atoms with Crippen molar-refractivity contribution in [2.75, 3.05) is 6.54 Å². The second-order valence-electron chi connectivity index (χ2n) is 3.50. The van der Waals surface area contributed by atoms with Crippen LogP contribution in [0.1, 0.15) is 17.5 Å². The Balaban J connectivity index is 3.10. The lowest BCUT2D eigenvalue weighted by molar-refractivity contribution is -0.385. The normalized spacial score (nSPS) is 11.5. The SMILES string of the molecule is Cc1cc(C(F)(F)CCN)ccc1[N+](=O)[O-]. The second kappa shape index (κ2) is 4.52. The van der Waals surface area contributed by atoms with Crippen LogP contribution >= 0.6 is 0 Å². The zero-order valence-electron chi connectivity index (χ0n) is 8.74. The molecule has 1 aromatic rings. The minimum atomic E-state index is -3.03. The quantitative estimate of drug-likeness (QED) is 0.637. The molecule has 0 radical (unpaired) electrons. The fourth-order valence-corrected chi connectivity index (χ4v) is 1.41. The Bertz CT molecular complexity index is 408. The van der Waals surface area contributed by atoms with Crippen molar-refractivity contribution in [3.63, 3.8) is 0 Å². The highest BCUT2D eigenvalue weighted by atomic mass is 19.3. The van der Waals surface area contributed by atoms with E-state index < -0.39 is 17.3 Å². The molecule has 2 N–H and O–H groups in total. The lowest BCUT2D eigenvalue weighted by atomic mass is 10.0. The van der Waals surface area contributed by atoms with E-state index in [1.807, 2.05) is 0 Å². The van der Waals surface area contributed by atoms with Gasteiger partial charge in [-0.2, -0.15) is 0 Å². The van der Waals surface area contributed by atoms with Gasteiger partial charge in [0.15, 0.2) is 0 Å². The number of nitro groups is 1. The van der Waals surface area contributed by atoms with E-state index in [4.69, 9.17) is 5.73 Å².